The number of hydrogen-bond acceptors (Lipinski definition) is 2. The van der Waals surface area contributed by atoms with Crippen molar-refractivity contribution in [3.8, 4) is 0 Å². The molecule has 0 atom stereocenters. The first-order chi connectivity index (χ1) is 8.72. The summed E-state index contributed by atoms with van der Waals surface area (Å²) in [6.45, 7) is 0.733. The Balaban J connectivity index is 1.97. The number of hydrogen-bond donors (Lipinski definition) is 0. The van der Waals surface area contributed by atoms with E-state index in [9.17, 15) is 0 Å². The molecule has 0 N–H and O–H groups in total. The Morgan fingerprint density at radius 3 is 2.56 bits per heavy atom. The maximum Gasteiger partial charge on any atom is 0.179 e. The van der Waals surface area contributed by atoms with E-state index in [1.165, 1.54) is 0 Å². The van der Waals surface area contributed by atoms with Gasteiger partial charge in [0.2, 0.25) is 0 Å². The zero-order valence-electron chi connectivity index (χ0n) is 9.35. The minimum atomic E-state index is 0.458. The highest BCUT2D eigenvalue weighted by Gasteiger charge is 2.04. The van der Waals surface area contributed by atoms with Gasteiger partial charge in [0.15, 0.2) is 5.65 Å². The number of pyridine rings is 1. The van der Waals surface area contributed by atoms with E-state index in [1.54, 1.807) is 12.4 Å². The second kappa shape index (κ2) is 4.59. The smallest absolute Gasteiger partial charge is 0.179 e. The molecule has 0 fully saturated rings. The van der Waals surface area contributed by atoms with E-state index >= 15 is 0 Å². The molecule has 3 nitrogen and oxygen atoms in total. The predicted octanol–water partition coefficient (Wildman–Crippen LogP) is 3.79. The van der Waals surface area contributed by atoms with Crippen LogP contribution in [0.2, 0.25) is 10.2 Å². The van der Waals surface area contributed by atoms with Crippen LogP contribution in [0, 0.1) is 0 Å². The molecular weight excluding hydrogens is 269 g/mol. The van der Waals surface area contributed by atoms with Crippen molar-refractivity contribution in [2.45, 2.75) is 6.54 Å². The van der Waals surface area contributed by atoms with Crippen molar-refractivity contribution in [1.29, 1.82) is 0 Å². The van der Waals surface area contributed by atoms with Crippen LogP contribution < -0.4 is 0 Å². The molecule has 18 heavy (non-hydrogen) atoms. The summed E-state index contributed by atoms with van der Waals surface area (Å²) in [6.07, 6.45) is 1.77. The third-order valence-electron chi connectivity index (χ3n) is 2.72. The number of imidazole rings is 1. The molecule has 0 unspecified atom stereocenters. The maximum atomic E-state index is 5.86. The first-order valence-electron chi connectivity index (χ1n) is 5.44. The lowest BCUT2D eigenvalue weighted by Gasteiger charge is -2.04. The zero-order valence-corrected chi connectivity index (χ0v) is 10.9. The SMILES string of the molecule is Clc1ccc(Cn2cnc3nc(Cl)ccc32)cc1. The van der Waals surface area contributed by atoms with E-state index in [0.717, 1.165) is 22.6 Å². The molecule has 90 valence electrons. The quantitative estimate of drug-likeness (QED) is 0.668. The minimum absolute atomic E-state index is 0.458. The average Bonchev–Trinajstić information content (AvgIpc) is 2.74. The Hall–Kier alpha value is -1.58. The molecule has 2 heterocycles. The summed E-state index contributed by atoms with van der Waals surface area (Å²) in [5, 5.41) is 1.20. The van der Waals surface area contributed by atoms with Crippen molar-refractivity contribution in [3.05, 3.63) is 58.5 Å². The summed E-state index contributed by atoms with van der Waals surface area (Å²) in [5.74, 6) is 0. The molecule has 0 amide bonds. The van der Waals surface area contributed by atoms with E-state index in [2.05, 4.69) is 9.97 Å². The molecule has 0 aliphatic heterocycles. The molecule has 3 aromatic rings. The second-order valence-corrected chi connectivity index (χ2v) is 4.80. The van der Waals surface area contributed by atoms with Crippen LogP contribution in [0.4, 0.5) is 0 Å². The van der Waals surface area contributed by atoms with Gasteiger partial charge in [-0.2, -0.15) is 0 Å². The van der Waals surface area contributed by atoms with Gasteiger partial charge < -0.3 is 4.57 Å². The van der Waals surface area contributed by atoms with Gasteiger partial charge in [-0.15, -0.1) is 0 Å². The van der Waals surface area contributed by atoms with Crippen molar-refractivity contribution >= 4 is 34.4 Å². The lowest BCUT2D eigenvalue weighted by atomic mass is 10.2. The lowest BCUT2D eigenvalue weighted by molar-refractivity contribution is 0.824. The van der Waals surface area contributed by atoms with Crippen LogP contribution in [0.15, 0.2) is 42.7 Å². The topological polar surface area (TPSA) is 30.7 Å². The molecule has 1 aromatic carbocycles. The van der Waals surface area contributed by atoms with Crippen molar-refractivity contribution in [1.82, 2.24) is 14.5 Å². The van der Waals surface area contributed by atoms with Gasteiger partial charge in [0.1, 0.15) is 5.15 Å². The van der Waals surface area contributed by atoms with Crippen LogP contribution >= 0.6 is 23.2 Å². The zero-order chi connectivity index (χ0) is 12.5. The molecule has 0 aliphatic rings. The monoisotopic (exact) mass is 277 g/mol. The summed E-state index contributed by atoms with van der Waals surface area (Å²) in [7, 11) is 0. The number of fused-ring (bicyclic) bond motifs is 1. The van der Waals surface area contributed by atoms with Crippen LogP contribution in [0.3, 0.4) is 0 Å². The van der Waals surface area contributed by atoms with Gasteiger partial charge in [0, 0.05) is 11.6 Å². The Bertz CT molecular complexity index is 689. The molecule has 0 saturated heterocycles. The van der Waals surface area contributed by atoms with E-state index in [1.807, 2.05) is 34.9 Å². The molecule has 3 rings (SSSR count). The molecule has 0 spiro atoms. The second-order valence-electron chi connectivity index (χ2n) is 3.98. The fourth-order valence-electron chi connectivity index (χ4n) is 1.84. The van der Waals surface area contributed by atoms with Crippen molar-refractivity contribution in [3.63, 3.8) is 0 Å². The summed E-state index contributed by atoms with van der Waals surface area (Å²) in [5.41, 5.74) is 2.79. The first kappa shape index (κ1) is 11.5. The van der Waals surface area contributed by atoms with Gasteiger partial charge in [-0.1, -0.05) is 35.3 Å². The largest absolute Gasteiger partial charge is 0.325 e. The van der Waals surface area contributed by atoms with Crippen LogP contribution in [0.1, 0.15) is 5.56 Å². The molecular formula is C13H9Cl2N3. The molecule has 0 radical (unpaired) electrons. The number of nitrogens with zero attached hydrogens (tertiary/aromatic N) is 3. The van der Waals surface area contributed by atoms with Gasteiger partial charge in [0.05, 0.1) is 11.8 Å². The highest BCUT2D eigenvalue weighted by Crippen LogP contribution is 2.16. The van der Waals surface area contributed by atoms with E-state index < -0.39 is 0 Å². The Labute approximate surface area is 114 Å². The Kier molecular flexibility index (Phi) is 2.94. The van der Waals surface area contributed by atoms with Crippen LogP contribution in [0.25, 0.3) is 11.2 Å². The number of halogens is 2. The first-order valence-corrected chi connectivity index (χ1v) is 6.20. The van der Waals surface area contributed by atoms with Crippen molar-refractivity contribution in [2.75, 3.05) is 0 Å². The third-order valence-corrected chi connectivity index (χ3v) is 3.18. The van der Waals surface area contributed by atoms with Crippen LogP contribution in [-0.2, 0) is 6.54 Å². The van der Waals surface area contributed by atoms with Gasteiger partial charge >= 0.3 is 0 Å². The summed E-state index contributed by atoms with van der Waals surface area (Å²) >= 11 is 11.7. The van der Waals surface area contributed by atoms with Gasteiger partial charge in [-0.25, -0.2) is 9.97 Å². The molecule has 2 aromatic heterocycles. The molecule has 0 bridgehead atoms. The third kappa shape index (κ3) is 2.19. The van der Waals surface area contributed by atoms with E-state index in [-0.39, 0.29) is 0 Å². The number of rotatable bonds is 2. The normalized spacial score (nSPS) is 11.0. The standard InChI is InChI=1S/C13H9Cl2N3/c14-10-3-1-9(2-4-10)7-18-8-16-13-11(18)5-6-12(15)17-13/h1-6,8H,7H2. The van der Waals surface area contributed by atoms with Gasteiger partial charge in [-0.3, -0.25) is 0 Å². The van der Waals surface area contributed by atoms with Gasteiger partial charge in [0.25, 0.3) is 0 Å². The van der Waals surface area contributed by atoms with E-state index in [0.29, 0.717) is 10.8 Å². The summed E-state index contributed by atoms with van der Waals surface area (Å²) < 4.78 is 2.03. The lowest BCUT2D eigenvalue weighted by Crippen LogP contribution is -1.97. The van der Waals surface area contributed by atoms with Crippen LogP contribution in [0.5, 0.6) is 0 Å². The maximum absolute atomic E-state index is 5.86. The highest BCUT2D eigenvalue weighted by atomic mass is 35.5. The van der Waals surface area contributed by atoms with Crippen LogP contribution in [-0.4, -0.2) is 14.5 Å². The fraction of sp³-hybridized carbons (Fsp3) is 0.0769. The van der Waals surface area contributed by atoms with Gasteiger partial charge in [-0.05, 0) is 29.8 Å². The average molecular weight is 278 g/mol. The molecule has 0 aliphatic carbocycles. The molecule has 5 heteroatoms. The minimum Gasteiger partial charge on any atom is -0.325 e. The summed E-state index contributed by atoms with van der Waals surface area (Å²) in [6, 6.07) is 11.4. The fourth-order valence-corrected chi connectivity index (χ4v) is 2.11. The molecule has 0 saturated carbocycles. The Morgan fingerprint density at radius 1 is 1.00 bits per heavy atom. The van der Waals surface area contributed by atoms with Crippen molar-refractivity contribution < 1.29 is 0 Å². The van der Waals surface area contributed by atoms with E-state index in [4.69, 9.17) is 23.2 Å². The predicted molar refractivity (Wildman–Crippen MR) is 73.1 cm³/mol. The van der Waals surface area contributed by atoms with Crippen molar-refractivity contribution in [2.24, 2.45) is 0 Å². The number of benzene rings is 1. The highest BCUT2D eigenvalue weighted by molar-refractivity contribution is 6.30. The number of aromatic nitrogens is 3. The summed E-state index contributed by atoms with van der Waals surface area (Å²) in [4.78, 5) is 8.40. The Morgan fingerprint density at radius 2 is 1.78 bits per heavy atom.